The maximum absolute atomic E-state index is 12.9. The molecule has 0 spiro atoms. The lowest BCUT2D eigenvalue weighted by Crippen LogP contribution is -2.08. The van der Waals surface area contributed by atoms with Crippen LogP contribution in [0.4, 0.5) is 0 Å². The van der Waals surface area contributed by atoms with Gasteiger partial charge in [-0.2, -0.15) is 0 Å². The largest absolute Gasteiger partial charge is 0.493 e. The Bertz CT molecular complexity index is 1260. The molecule has 168 valence electrons. The fraction of sp³-hybridized carbons (Fsp3) is 0.120. The average Bonchev–Trinajstić information content (AvgIpc) is 3.13. The van der Waals surface area contributed by atoms with Crippen molar-refractivity contribution in [2.75, 3.05) is 21.3 Å². The molecule has 0 atom stereocenters. The molecule has 0 aromatic heterocycles. The molecule has 1 aliphatic rings. The summed E-state index contributed by atoms with van der Waals surface area (Å²) in [6, 6.07) is 14.3. The van der Waals surface area contributed by atoms with Crippen molar-refractivity contribution in [2.24, 2.45) is 0 Å². The van der Waals surface area contributed by atoms with E-state index in [9.17, 15) is 9.59 Å². The van der Waals surface area contributed by atoms with Gasteiger partial charge in [0.25, 0.3) is 0 Å². The molecule has 0 unspecified atom stereocenters. The van der Waals surface area contributed by atoms with Crippen molar-refractivity contribution in [3.05, 3.63) is 82.1 Å². The number of rotatable bonds is 6. The number of carbonyl (C=O) groups is 2. The van der Waals surface area contributed by atoms with Crippen LogP contribution in [0.1, 0.15) is 26.3 Å². The van der Waals surface area contributed by atoms with E-state index in [-0.39, 0.29) is 23.0 Å². The number of fused-ring (bicyclic) bond motifs is 1. The van der Waals surface area contributed by atoms with Gasteiger partial charge in [-0.3, -0.25) is 4.79 Å². The van der Waals surface area contributed by atoms with Gasteiger partial charge in [0, 0.05) is 16.7 Å². The quantitative estimate of drug-likeness (QED) is 0.280. The van der Waals surface area contributed by atoms with Gasteiger partial charge in [-0.15, -0.1) is 0 Å². The van der Waals surface area contributed by atoms with E-state index in [4.69, 9.17) is 35.3 Å². The Morgan fingerprint density at radius 3 is 2.30 bits per heavy atom. The zero-order valence-electron chi connectivity index (χ0n) is 18.0. The van der Waals surface area contributed by atoms with Gasteiger partial charge in [0.1, 0.15) is 11.5 Å². The Hall–Kier alpha value is -3.97. The topological polar surface area (TPSA) is 80.3 Å². The number of allylic oxidation sites excluding steroid dienone is 1. The van der Waals surface area contributed by atoms with Crippen LogP contribution < -0.4 is 23.7 Å². The molecule has 3 aromatic rings. The third-order valence-electron chi connectivity index (χ3n) is 4.95. The predicted molar refractivity (Wildman–Crippen MR) is 122 cm³/mol. The third-order valence-corrected chi connectivity index (χ3v) is 5.21. The van der Waals surface area contributed by atoms with Crippen LogP contribution in [0.5, 0.6) is 28.7 Å². The highest BCUT2D eigenvalue weighted by atomic mass is 35.5. The summed E-state index contributed by atoms with van der Waals surface area (Å²) in [5.74, 6) is 1.04. The Labute approximate surface area is 195 Å². The van der Waals surface area contributed by atoms with E-state index in [2.05, 4.69) is 0 Å². The first-order valence-electron chi connectivity index (χ1n) is 9.80. The highest BCUT2D eigenvalue weighted by Crippen LogP contribution is 2.42. The van der Waals surface area contributed by atoms with Crippen molar-refractivity contribution < 1.29 is 33.3 Å². The number of methoxy groups -OCH3 is 3. The van der Waals surface area contributed by atoms with Crippen LogP contribution in [0, 0.1) is 0 Å². The Morgan fingerprint density at radius 1 is 0.909 bits per heavy atom. The van der Waals surface area contributed by atoms with Crippen molar-refractivity contribution in [3.63, 3.8) is 0 Å². The summed E-state index contributed by atoms with van der Waals surface area (Å²) in [6.45, 7) is 0. The SMILES string of the molecule is COc1ccc(C=C2Oc3cc(OC(=O)c4ccc(Cl)cc4)ccc3C2=O)c(OC)c1OC. The first-order valence-corrected chi connectivity index (χ1v) is 10.2. The number of benzene rings is 3. The Kier molecular flexibility index (Phi) is 6.24. The molecule has 0 fully saturated rings. The van der Waals surface area contributed by atoms with Crippen LogP contribution in [0.25, 0.3) is 6.08 Å². The molecule has 0 bridgehead atoms. The molecule has 4 rings (SSSR count). The summed E-state index contributed by atoms with van der Waals surface area (Å²) in [6.07, 6.45) is 1.56. The number of Topliss-reactive ketones (excluding diaryl/α,β-unsaturated/α-hetero) is 1. The van der Waals surface area contributed by atoms with Crippen molar-refractivity contribution in [1.82, 2.24) is 0 Å². The average molecular weight is 467 g/mol. The van der Waals surface area contributed by atoms with E-state index in [0.29, 0.717) is 39.0 Å². The zero-order chi connectivity index (χ0) is 23.5. The van der Waals surface area contributed by atoms with Crippen molar-refractivity contribution in [1.29, 1.82) is 0 Å². The Morgan fingerprint density at radius 2 is 1.64 bits per heavy atom. The van der Waals surface area contributed by atoms with Gasteiger partial charge in [0.15, 0.2) is 17.3 Å². The monoisotopic (exact) mass is 466 g/mol. The van der Waals surface area contributed by atoms with Crippen LogP contribution >= 0.6 is 11.6 Å². The van der Waals surface area contributed by atoms with E-state index in [1.165, 1.54) is 33.5 Å². The maximum atomic E-state index is 12.9. The summed E-state index contributed by atoms with van der Waals surface area (Å²) in [5.41, 5.74) is 1.27. The van der Waals surface area contributed by atoms with E-state index in [1.807, 2.05) is 0 Å². The van der Waals surface area contributed by atoms with Gasteiger partial charge in [0.05, 0.1) is 32.5 Å². The minimum absolute atomic E-state index is 0.0942. The normalized spacial score (nSPS) is 13.3. The zero-order valence-corrected chi connectivity index (χ0v) is 18.8. The molecule has 0 saturated heterocycles. The van der Waals surface area contributed by atoms with Gasteiger partial charge in [-0.1, -0.05) is 11.6 Å². The van der Waals surface area contributed by atoms with Crippen molar-refractivity contribution in [2.45, 2.75) is 0 Å². The van der Waals surface area contributed by atoms with Crippen LogP contribution in [0.2, 0.25) is 5.02 Å². The number of hydrogen-bond acceptors (Lipinski definition) is 7. The van der Waals surface area contributed by atoms with Crippen molar-refractivity contribution in [3.8, 4) is 28.7 Å². The summed E-state index contributed by atoms with van der Waals surface area (Å²) >= 11 is 5.85. The van der Waals surface area contributed by atoms with Crippen molar-refractivity contribution >= 4 is 29.4 Å². The Balaban J connectivity index is 1.60. The van der Waals surface area contributed by atoms with Crippen LogP contribution in [0.3, 0.4) is 0 Å². The number of ether oxygens (including phenoxy) is 5. The molecular weight excluding hydrogens is 448 g/mol. The molecular formula is C25H19ClO7. The molecule has 3 aromatic carbocycles. The lowest BCUT2D eigenvalue weighted by atomic mass is 10.1. The van der Waals surface area contributed by atoms with Gasteiger partial charge in [0.2, 0.25) is 11.5 Å². The molecule has 8 heteroatoms. The standard InChI is InChI=1S/C25H19ClO7/c1-29-19-11-6-15(23(30-2)24(19)31-3)12-21-22(27)18-10-9-17(13-20(18)33-21)32-25(28)14-4-7-16(26)8-5-14/h4-13H,1-3H3. The second kappa shape index (κ2) is 9.26. The molecule has 1 aliphatic heterocycles. The van der Waals surface area contributed by atoms with Crippen LogP contribution in [-0.2, 0) is 0 Å². The first-order chi connectivity index (χ1) is 15.9. The lowest BCUT2D eigenvalue weighted by Gasteiger charge is -2.14. The molecule has 0 N–H and O–H groups in total. The van der Waals surface area contributed by atoms with E-state index < -0.39 is 5.97 Å². The van der Waals surface area contributed by atoms with E-state index >= 15 is 0 Å². The molecule has 0 radical (unpaired) electrons. The molecule has 33 heavy (non-hydrogen) atoms. The fourth-order valence-corrected chi connectivity index (χ4v) is 3.49. The van der Waals surface area contributed by atoms with Gasteiger partial charge >= 0.3 is 5.97 Å². The first kappa shape index (κ1) is 22.2. The number of halogens is 1. The summed E-state index contributed by atoms with van der Waals surface area (Å²) in [7, 11) is 4.51. The minimum atomic E-state index is -0.554. The van der Waals surface area contributed by atoms with E-state index in [1.54, 1.807) is 48.5 Å². The van der Waals surface area contributed by atoms with Crippen LogP contribution in [0.15, 0.2) is 60.4 Å². The maximum Gasteiger partial charge on any atom is 0.343 e. The third kappa shape index (κ3) is 4.36. The number of hydrogen-bond donors (Lipinski definition) is 0. The second-order valence-electron chi connectivity index (χ2n) is 6.92. The smallest absolute Gasteiger partial charge is 0.343 e. The predicted octanol–water partition coefficient (Wildman–Crippen LogP) is 5.20. The summed E-state index contributed by atoms with van der Waals surface area (Å²) in [5, 5.41) is 0.515. The van der Waals surface area contributed by atoms with Crippen LogP contribution in [-0.4, -0.2) is 33.1 Å². The lowest BCUT2D eigenvalue weighted by molar-refractivity contribution is 0.0734. The second-order valence-corrected chi connectivity index (χ2v) is 7.35. The highest BCUT2D eigenvalue weighted by molar-refractivity contribution is 6.30. The number of carbonyl (C=O) groups excluding carboxylic acids is 2. The van der Waals surface area contributed by atoms with E-state index in [0.717, 1.165) is 0 Å². The highest BCUT2D eigenvalue weighted by Gasteiger charge is 2.29. The summed E-state index contributed by atoms with van der Waals surface area (Å²) < 4.78 is 27.3. The minimum Gasteiger partial charge on any atom is -0.493 e. The summed E-state index contributed by atoms with van der Waals surface area (Å²) in [4.78, 5) is 25.2. The molecule has 0 aliphatic carbocycles. The molecule has 0 saturated carbocycles. The molecule has 0 amide bonds. The molecule has 1 heterocycles. The molecule has 7 nitrogen and oxygen atoms in total. The van der Waals surface area contributed by atoms with Gasteiger partial charge in [-0.05, 0) is 54.6 Å². The van der Waals surface area contributed by atoms with Gasteiger partial charge < -0.3 is 23.7 Å². The fourth-order valence-electron chi connectivity index (χ4n) is 3.36. The number of ketones is 1. The van der Waals surface area contributed by atoms with Gasteiger partial charge in [-0.25, -0.2) is 4.79 Å². The number of esters is 1.